The zero-order valence-electron chi connectivity index (χ0n) is 16.7. The van der Waals surface area contributed by atoms with Crippen LogP contribution in [0.25, 0.3) is 11.0 Å². The van der Waals surface area contributed by atoms with Crippen molar-refractivity contribution >= 4 is 22.6 Å². The van der Waals surface area contributed by atoms with E-state index >= 15 is 0 Å². The highest BCUT2D eigenvalue weighted by Gasteiger charge is 2.24. The van der Waals surface area contributed by atoms with Crippen molar-refractivity contribution in [1.82, 2.24) is 15.3 Å². The highest BCUT2D eigenvalue weighted by Crippen LogP contribution is 2.26. The Morgan fingerprint density at radius 3 is 2.61 bits per heavy atom. The number of nitrogens with zero attached hydrogens (tertiary/aromatic N) is 3. The van der Waals surface area contributed by atoms with Gasteiger partial charge in [-0.3, -0.25) is 4.79 Å². The smallest absolute Gasteiger partial charge is 0.251 e. The molecule has 0 saturated carbocycles. The molecule has 1 unspecified atom stereocenters. The number of hydrogen-bond acceptors (Lipinski definition) is 4. The Kier molecular flexibility index (Phi) is 4.99. The van der Waals surface area contributed by atoms with E-state index in [-0.39, 0.29) is 5.91 Å². The first-order valence-electron chi connectivity index (χ1n) is 9.85. The SMILES string of the molecule is Cc1ccccc1N1CCC(CNC(=O)c2ccc3nc(C)c(C)nc3c2)C1. The molecule has 0 bridgehead atoms. The van der Waals surface area contributed by atoms with Crippen molar-refractivity contribution in [2.24, 2.45) is 5.92 Å². The number of fused-ring (bicyclic) bond motifs is 1. The van der Waals surface area contributed by atoms with Gasteiger partial charge in [-0.25, -0.2) is 9.97 Å². The summed E-state index contributed by atoms with van der Waals surface area (Å²) < 4.78 is 0. The molecule has 2 aromatic carbocycles. The molecule has 1 atom stereocenters. The third kappa shape index (κ3) is 3.70. The van der Waals surface area contributed by atoms with Crippen LogP contribution in [0.3, 0.4) is 0 Å². The van der Waals surface area contributed by atoms with Crippen LogP contribution in [0.2, 0.25) is 0 Å². The van der Waals surface area contributed by atoms with Crippen LogP contribution in [0, 0.1) is 26.7 Å². The average molecular weight is 374 g/mol. The van der Waals surface area contributed by atoms with Gasteiger partial charge in [0.2, 0.25) is 0 Å². The van der Waals surface area contributed by atoms with E-state index in [1.807, 2.05) is 32.0 Å². The number of rotatable bonds is 4. The van der Waals surface area contributed by atoms with Gasteiger partial charge in [0.1, 0.15) is 0 Å². The zero-order chi connectivity index (χ0) is 19.7. The molecule has 0 radical (unpaired) electrons. The second-order valence-electron chi connectivity index (χ2n) is 7.70. The predicted octanol–water partition coefficient (Wildman–Crippen LogP) is 3.81. The maximum Gasteiger partial charge on any atom is 0.251 e. The average Bonchev–Trinajstić information content (AvgIpc) is 3.16. The fraction of sp³-hybridized carbons (Fsp3) is 0.348. The molecule has 5 nitrogen and oxygen atoms in total. The number of anilines is 1. The molecule has 2 heterocycles. The van der Waals surface area contributed by atoms with Crippen LogP contribution in [-0.4, -0.2) is 35.5 Å². The van der Waals surface area contributed by atoms with Crippen LogP contribution in [0.1, 0.15) is 33.7 Å². The van der Waals surface area contributed by atoms with Gasteiger partial charge in [0, 0.05) is 30.9 Å². The maximum absolute atomic E-state index is 12.6. The maximum atomic E-state index is 12.6. The molecule has 1 aliphatic heterocycles. The Hall–Kier alpha value is -2.95. The van der Waals surface area contributed by atoms with E-state index in [0.29, 0.717) is 18.0 Å². The number of hydrogen-bond donors (Lipinski definition) is 1. The number of carbonyl (C=O) groups is 1. The van der Waals surface area contributed by atoms with Gasteiger partial charge in [-0.15, -0.1) is 0 Å². The Labute approximate surface area is 165 Å². The van der Waals surface area contributed by atoms with Crippen molar-refractivity contribution in [3.05, 3.63) is 65.0 Å². The van der Waals surface area contributed by atoms with Crippen LogP contribution in [0.5, 0.6) is 0 Å². The molecule has 1 aromatic heterocycles. The van der Waals surface area contributed by atoms with Crippen molar-refractivity contribution in [1.29, 1.82) is 0 Å². The summed E-state index contributed by atoms with van der Waals surface area (Å²) in [5.74, 6) is 0.421. The summed E-state index contributed by atoms with van der Waals surface area (Å²) in [6.07, 6.45) is 1.09. The molecule has 1 saturated heterocycles. The third-order valence-corrected chi connectivity index (χ3v) is 5.63. The van der Waals surface area contributed by atoms with Gasteiger partial charge in [-0.2, -0.15) is 0 Å². The fourth-order valence-electron chi connectivity index (χ4n) is 3.85. The van der Waals surface area contributed by atoms with E-state index in [2.05, 4.69) is 51.4 Å². The van der Waals surface area contributed by atoms with Gasteiger partial charge in [-0.05, 0) is 62.9 Å². The van der Waals surface area contributed by atoms with Crippen molar-refractivity contribution in [2.75, 3.05) is 24.5 Å². The van der Waals surface area contributed by atoms with Crippen LogP contribution < -0.4 is 10.2 Å². The Balaban J connectivity index is 1.39. The number of aryl methyl sites for hydroxylation is 3. The van der Waals surface area contributed by atoms with Gasteiger partial charge in [0.25, 0.3) is 5.91 Å². The van der Waals surface area contributed by atoms with Gasteiger partial charge in [0.05, 0.1) is 22.4 Å². The first kappa shape index (κ1) is 18.4. The van der Waals surface area contributed by atoms with Gasteiger partial charge in [0.15, 0.2) is 0 Å². The van der Waals surface area contributed by atoms with Gasteiger partial charge >= 0.3 is 0 Å². The molecule has 0 aliphatic carbocycles. The number of para-hydroxylation sites is 1. The molecule has 4 rings (SSSR count). The summed E-state index contributed by atoms with van der Waals surface area (Å²) >= 11 is 0. The number of carbonyl (C=O) groups excluding carboxylic acids is 1. The number of benzene rings is 2. The summed E-state index contributed by atoms with van der Waals surface area (Å²) in [5, 5.41) is 3.10. The first-order valence-corrected chi connectivity index (χ1v) is 9.85. The summed E-state index contributed by atoms with van der Waals surface area (Å²) in [5.41, 5.74) is 6.65. The molecule has 1 aliphatic rings. The van der Waals surface area contributed by atoms with E-state index in [1.54, 1.807) is 0 Å². The highest BCUT2D eigenvalue weighted by molar-refractivity contribution is 5.97. The zero-order valence-corrected chi connectivity index (χ0v) is 16.7. The van der Waals surface area contributed by atoms with Crippen LogP contribution in [0.15, 0.2) is 42.5 Å². The van der Waals surface area contributed by atoms with E-state index in [0.717, 1.165) is 41.9 Å². The lowest BCUT2D eigenvalue weighted by atomic mass is 10.1. The lowest BCUT2D eigenvalue weighted by Gasteiger charge is -2.21. The normalized spacial score (nSPS) is 16.5. The molecular weight excluding hydrogens is 348 g/mol. The summed E-state index contributed by atoms with van der Waals surface area (Å²) in [4.78, 5) is 24.1. The second kappa shape index (κ2) is 7.58. The second-order valence-corrected chi connectivity index (χ2v) is 7.70. The monoisotopic (exact) mass is 374 g/mol. The van der Waals surface area contributed by atoms with Crippen molar-refractivity contribution in [3.63, 3.8) is 0 Å². The van der Waals surface area contributed by atoms with Gasteiger partial charge < -0.3 is 10.2 Å². The fourth-order valence-corrected chi connectivity index (χ4v) is 3.85. The molecule has 1 N–H and O–H groups in total. The molecule has 0 spiro atoms. The quantitative estimate of drug-likeness (QED) is 0.754. The largest absolute Gasteiger partial charge is 0.371 e. The molecule has 144 valence electrons. The predicted molar refractivity (Wildman–Crippen MR) is 113 cm³/mol. The molecular formula is C23H26N4O. The van der Waals surface area contributed by atoms with E-state index < -0.39 is 0 Å². The van der Waals surface area contributed by atoms with Crippen LogP contribution in [0.4, 0.5) is 5.69 Å². The number of nitrogens with one attached hydrogen (secondary N) is 1. The summed E-state index contributed by atoms with van der Waals surface area (Å²) in [7, 11) is 0. The molecule has 5 heteroatoms. The summed E-state index contributed by atoms with van der Waals surface area (Å²) in [6.45, 7) is 8.75. The minimum atomic E-state index is -0.0451. The number of amides is 1. The van der Waals surface area contributed by atoms with Crippen molar-refractivity contribution < 1.29 is 4.79 Å². The van der Waals surface area contributed by atoms with Gasteiger partial charge in [-0.1, -0.05) is 18.2 Å². The molecule has 1 fully saturated rings. The minimum Gasteiger partial charge on any atom is -0.371 e. The van der Waals surface area contributed by atoms with E-state index in [1.165, 1.54) is 11.3 Å². The standard InChI is InChI=1S/C23H26N4O/c1-15-6-4-5-7-22(15)27-11-10-18(14-27)13-24-23(28)19-8-9-20-21(12-19)26-17(3)16(2)25-20/h4-9,12,18H,10-11,13-14H2,1-3H3,(H,24,28). The van der Waals surface area contributed by atoms with Crippen molar-refractivity contribution in [3.8, 4) is 0 Å². The number of aromatic nitrogens is 2. The topological polar surface area (TPSA) is 58.1 Å². The lowest BCUT2D eigenvalue weighted by molar-refractivity contribution is 0.0948. The van der Waals surface area contributed by atoms with Crippen molar-refractivity contribution in [2.45, 2.75) is 27.2 Å². The first-order chi connectivity index (χ1) is 13.5. The third-order valence-electron chi connectivity index (χ3n) is 5.63. The van der Waals surface area contributed by atoms with E-state index in [4.69, 9.17) is 0 Å². The highest BCUT2D eigenvalue weighted by atomic mass is 16.1. The van der Waals surface area contributed by atoms with Crippen LogP contribution in [-0.2, 0) is 0 Å². The Morgan fingerprint density at radius 2 is 1.82 bits per heavy atom. The minimum absolute atomic E-state index is 0.0451. The molecule has 1 amide bonds. The summed E-state index contributed by atoms with van der Waals surface area (Å²) in [6, 6.07) is 14.0. The van der Waals surface area contributed by atoms with Crippen LogP contribution >= 0.6 is 0 Å². The molecule has 28 heavy (non-hydrogen) atoms. The Morgan fingerprint density at radius 1 is 1.07 bits per heavy atom. The Bertz CT molecular complexity index is 1030. The molecule has 3 aromatic rings. The lowest BCUT2D eigenvalue weighted by Crippen LogP contribution is -2.31. The van der Waals surface area contributed by atoms with E-state index in [9.17, 15) is 4.79 Å².